The van der Waals surface area contributed by atoms with E-state index in [0.717, 1.165) is 0 Å². The Morgan fingerprint density at radius 1 is 1.32 bits per heavy atom. The van der Waals surface area contributed by atoms with E-state index in [1.807, 2.05) is 0 Å². The number of aliphatic hydroxyl groups excluding tert-OH is 1. The standard InChI is InChI=1S/C15H20N2O4S/c1-2-9-16-22(20,21)14-5-3-12(4-6-14)15(19)17-10-7-13(18)8-11-17/h2-6,13,16,18H,1,7-11H2. The van der Waals surface area contributed by atoms with Crippen LogP contribution in [0.25, 0.3) is 0 Å². The molecule has 120 valence electrons. The molecule has 0 saturated carbocycles. The summed E-state index contributed by atoms with van der Waals surface area (Å²) in [6, 6.07) is 5.85. The lowest BCUT2D eigenvalue weighted by atomic mass is 10.1. The van der Waals surface area contributed by atoms with Crippen LogP contribution in [-0.4, -0.2) is 50.1 Å². The zero-order valence-electron chi connectivity index (χ0n) is 12.2. The van der Waals surface area contributed by atoms with E-state index in [0.29, 0.717) is 31.5 Å². The van der Waals surface area contributed by atoms with Crippen LogP contribution in [-0.2, 0) is 10.0 Å². The Labute approximate surface area is 130 Å². The number of aliphatic hydroxyl groups is 1. The van der Waals surface area contributed by atoms with Crippen molar-refractivity contribution in [3.8, 4) is 0 Å². The van der Waals surface area contributed by atoms with Crippen LogP contribution in [0.2, 0.25) is 0 Å². The van der Waals surface area contributed by atoms with Gasteiger partial charge in [-0.3, -0.25) is 4.79 Å². The molecule has 1 fully saturated rings. The number of rotatable bonds is 5. The van der Waals surface area contributed by atoms with E-state index in [1.165, 1.54) is 30.3 Å². The van der Waals surface area contributed by atoms with Crippen LogP contribution in [0.15, 0.2) is 41.8 Å². The van der Waals surface area contributed by atoms with E-state index in [1.54, 1.807) is 4.90 Å². The Morgan fingerprint density at radius 2 is 1.91 bits per heavy atom. The predicted octanol–water partition coefficient (Wildman–Crippen LogP) is 0.748. The van der Waals surface area contributed by atoms with Crippen molar-refractivity contribution in [2.75, 3.05) is 19.6 Å². The van der Waals surface area contributed by atoms with Crippen molar-refractivity contribution in [1.29, 1.82) is 0 Å². The molecule has 1 aliphatic heterocycles. The number of piperidine rings is 1. The molecule has 1 aromatic rings. The van der Waals surface area contributed by atoms with E-state index in [4.69, 9.17) is 0 Å². The van der Waals surface area contributed by atoms with Gasteiger partial charge in [-0.15, -0.1) is 6.58 Å². The predicted molar refractivity (Wildman–Crippen MR) is 83.0 cm³/mol. The summed E-state index contributed by atoms with van der Waals surface area (Å²) in [5.41, 5.74) is 0.444. The summed E-state index contributed by atoms with van der Waals surface area (Å²) in [6.45, 7) is 4.64. The Hall–Kier alpha value is -1.70. The van der Waals surface area contributed by atoms with Gasteiger partial charge in [0.1, 0.15) is 0 Å². The average Bonchev–Trinajstić information content (AvgIpc) is 2.53. The summed E-state index contributed by atoms with van der Waals surface area (Å²) in [7, 11) is -3.58. The summed E-state index contributed by atoms with van der Waals surface area (Å²) in [6.07, 6.45) is 2.26. The first-order chi connectivity index (χ1) is 10.4. The molecule has 0 bridgehead atoms. The Balaban J connectivity index is 2.08. The van der Waals surface area contributed by atoms with Crippen molar-refractivity contribution < 1.29 is 18.3 Å². The van der Waals surface area contributed by atoms with Crippen LogP contribution in [0, 0.1) is 0 Å². The Morgan fingerprint density at radius 3 is 2.45 bits per heavy atom. The van der Waals surface area contributed by atoms with Gasteiger partial charge in [-0.05, 0) is 37.1 Å². The molecule has 0 radical (unpaired) electrons. The minimum Gasteiger partial charge on any atom is -0.393 e. The fourth-order valence-electron chi connectivity index (χ4n) is 2.28. The first kappa shape index (κ1) is 16.7. The highest BCUT2D eigenvalue weighted by Crippen LogP contribution is 2.16. The molecule has 0 spiro atoms. The largest absolute Gasteiger partial charge is 0.393 e. The van der Waals surface area contributed by atoms with E-state index in [2.05, 4.69) is 11.3 Å². The maximum absolute atomic E-state index is 12.3. The molecule has 1 saturated heterocycles. The third kappa shape index (κ3) is 3.94. The van der Waals surface area contributed by atoms with Crippen LogP contribution in [0.5, 0.6) is 0 Å². The number of sulfonamides is 1. The zero-order valence-corrected chi connectivity index (χ0v) is 13.1. The van der Waals surface area contributed by atoms with Crippen molar-refractivity contribution in [3.05, 3.63) is 42.5 Å². The van der Waals surface area contributed by atoms with Gasteiger partial charge in [-0.25, -0.2) is 13.1 Å². The summed E-state index contributed by atoms with van der Waals surface area (Å²) < 4.78 is 26.2. The number of nitrogens with one attached hydrogen (secondary N) is 1. The molecule has 0 unspecified atom stereocenters. The monoisotopic (exact) mass is 324 g/mol. The molecule has 22 heavy (non-hydrogen) atoms. The number of carbonyl (C=O) groups is 1. The van der Waals surface area contributed by atoms with Gasteiger partial charge in [0.15, 0.2) is 0 Å². The van der Waals surface area contributed by atoms with Gasteiger partial charge >= 0.3 is 0 Å². The number of benzene rings is 1. The molecule has 2 N–H and O–H groups in total. The third-order valence-corrected chi connectivity index (χ3v) is 5.02. The molecule has 1 heterocycles. The molecule has 1 amide bonds. The van der Waals surface area contributed by atoms with Gasteiger partial charge in [-0.1, -0.05) is 6.08 Å². The molecule has 0 aliphatic carbocycles. The normalized spacial score (nSPS) is 16.5. The number of hydrogen-bond acceptors (Lipinski definition) is 4. The number of hydrogen-bond donors (Lipinski definition) is 2. The highest BCUT2D eigenvalue weighted by molar-refractivity contribution is 7.89. The molecule has 1 aromatic carbocycles. The lowest BCUT2D eigenvalue weighted by molar-refractivity contribution is 0.0546. The van der Waals surface area contributed by atoms with Gasteiger partial charge in [0.2, 0.25) is 10.0 Å². The molecule has 1 aliphatic rings. The van der Waals surface area contributed by atoms with E-state index >= 15 is 0 Å². The first-order valence-corrected chi connectivity index (χ1v) is 8.60. The van der Waals surface area contributed by atoms with Gasteiger partial charge in [-0.2, -0.15) is 0 Å². The van der Waals surface area contributed by atoms with Crippen molar-refractivity contribution in [2.45, 2.75) is 23.8 Å². The van der Waals surface area contributed by atoms with Crippen LogP contribution in [0.4, 0.5) is 0 Å². The number of carbonyl (C=O) groups excluding carboxylic acids is 1. The lowest BCUT2D eigenvalue weighted by Gasteiger charge is -2.29. The quantitative estimate of drug-likeness (QED) is 0.783. The van der Waals surface area contributed by atoms with Gasteiger partial charge in [0, 0.05) is 25.2 Å². The molecule has 2 rings (SSSR count). The van der Waals surface area contributed by atoms with E-state index < -0.39 is 10.0 Å². The Kier molecular flexibility index (Phi) is 5.33. The molecule has 6 nitrogen and oxygen atoms in total. The maximum atomic E-state index is 12.3. The minimum atomic E-state index is -3.58. The van der Waals surface area contributed by atoms with Crippen molar-refractivity contribution in [2.24, 2.45) is 0 Å². The molecule has 0 atom stereocenters. The number of likely N-dealkylation sites (tertiary alicyclic amines) is 1. The Bertz CT molecular complexity index is 632. The zero-order chi connectivity index (χ0) is 16.2. The second-order valence-corrected chi connectivity index (χ2v) is 6.96. The topological polar surface area (TPSA) is 86.7 Å². The van der Waals surface area contributed by atoms with Crippen LogP contribution in [0.1, 0.15) is 23.2 Å². The smallest absolute Gasteiger partial charge is 0.253 e. The highest BCUT2D eigenvalue weighted by Gasteiger charge is 2.22. The number of nitrogens with zero attached hydrogens (tertiary/aromatic N) is 1. The van der Waals surface area contributed by atoms with Crippen LogP contribution in [0.3, 0.4) is 0 Å². The van der Waals surface area contributed by atoms with Crippen LogP contribution >= 0.6 is 0 Å². The summed E-state index contributed by atoms with van der Waals surface area (Å²) in [4.78, 5) is 14.1. The minimum absolute atomic E-state index is 0.111. The van der Waals surface area contributed by atoms with Crippen molar-refractivity contribution in [1.82, 2.24) is 9.62 Å². The summed E-state index contributed by atoms with van der Waals surface area (Å²) >= 11 is 0. The van der Waals surface area contributed by atoms with Gasteiger partial charge in [0.25, 0.3) is 5.91 Å². The molecule has 0 aromatic heterocycles. The average molecular weight is 324 g/mol. The SMILES string of the molecule is C=CCNS(=O)(=O)c1ccc(C(=O)N2CCC(O)CC2)cc1. The molecular formula is C15H20N2O4S. The highest BCUT2D eigenvalue weighted by atomic mass is 32.2. The lowest BCUT2D eigenvalue weighted by Crippen LogP contribution is -2.40. The fourth-order valence-corrected chi connectivity index (χ4v) is 3.28. The van der Waals surface area contributed by atoms with Crippen molar-refractivity contribution >= 4 is 15.9 Å². The maximum Gasteiger partial charge on any atom is 0.253 e. The van der Waals surface area contributed by atoms with E-state index in [-0.39, 0.29) is 23.5 Å². The summed E-state index contributed by atoms with van der Waals surface area (Å²) in [5.74, 6) is -0.144. The second-order valence-electron chi connectivity index (χ2n) is 5.19. The molecular weight excluding hydrogens is 304 g/mol. The molecule has 7 heteroatoms. The second kappa shape index (κ2) is 7.04. The van der Waals surface area contributed by atoms with E-state index in [9.17, 15) is 18.3 Å². The van der Waals surface area contributed by atoms with Gasteiger partial charge < -0.3 is 10.0 Å². The first-order valence-electron chi connectivity index (χ1n) is 7.12. The summed E-state index contributed by atoms with van der Waals surface area (Å²) in [5, 5.41) is 9.46. The van der Waals surface area contributed by atoms with Crippen molar-refractivity contribution in [3.63, 3.8) is 0 Å². The van der Waals surface area contributed by atoms with Crippen LogP contribution < -0.4 is 4.72 Å². The fraction of sp³-hybridized carbons (Fsp3) is 0.400. The number of amides is 1. The third-order valence-electron chi connectivity index (χ3n) is 3.58. The van der Waals surface area contributed by atoms with Gasteiger partial charge in [0.05, 0.1) is 11.0 Å².